The summed E-state index contributed by atoms with van der Waals surface area (Å²) in [5.41, 5.74) is 1.65. The van der Waals surface area contributed by atoms with Crippen LogP contribution >= 0.6 is 67.8 Å². The lowest BCUT2D eigenvalue weighted by Gasteiger charge is -2.13. The second kappa shape index (κ2) is 5.96. The third-order valence-corrected chi connectivity index (χ3v) is 4.73. The van der Waals surface area contributed by atoms with Gasteiger partial charge in [-0.25, -0.2) is 0 Å². The van der Waals surface area contributed by atoms with Gasteiger partial charge in [-0.2, -0.15) is 0 Å². The lowest BCUT2D eigenvalue weighted by Crippen LogP contribution is -2.11. The number of amides is 1. The van der Waals surface area contributed by atoms with Crippen LogP contribution in [0.4, 0.5) is 5.69 Å². The van der Waals surface area contributed by atoms with Crippen LogP contribution in [-0.2, 0) is 11.4 Å². The van der Waals surface area contributed by atoms with E-state index in [0.29, 0.717) is 0 Å². The van der Waals surface area contributed by atoms with Crippen molar-refractivity contribution in [1.29, 1.82) is 0 Å². The van der Waals surface area contributed by atoms with Gasteiger partial charge in [0.05, 0.1) is 12.3 Å². The molecule has 1 aromatic carbocycles. The van der Waals surface area contributed by atoms with E-state index in [1.807, 2.05) is 6.07 Å². The molecule has 0 saturated carbocycles. The molecule has 0 aliphatic rings. The summed E-state index contributed by atoms with van der Waals surface area (Å²) in [5.74, 6) is -0.101. The van der Waals surface area contributed by atoms with Crippen LogP contribution in [0, 0.1) is 10.7 Å². The molecule has 1 aromatic rings. The number of carbonyl (C=O) groups is 1. The molecular formula is C9H8I3NO2. The second-order valence-corrected chi connectivity index (χ2v) is 6.25. The molecule has 0 saturated heterocycles. The molecule has 0 bridgehead atoms. The smallest absolute Gasteiger partial charge is 0.221 e. The highest BCUT2D eigenvalue weighted by atomic mass is 127. The summed E-state index contributed by atoms with van der Waals surface area (Å²) in [6.45, 7) is 1.46. The van der Waals surface area contributed by atoms with E-state index in [9.17, 15) is 9.90 Å². The van der Waals surface area contributed by atoms with Gasteiger partial charge in [0.15, 0.2) is 0 Å². The Labute approximate surface area is 129 Å². The topological polar surface area (TPSA) is 49.3 Å². The lowest BCUT2D eigenvalue weighted by atomic mass is 10.2. The van der Waals surface area contributed by atoms with E-state index in [4.69, 9.17) is 0 Å². The Morgan fingerprint density at radius 3 is 2.47 bits per heavy atom. The van der Waals surface area contributed by atoms with Gasteiger partial charge in [0, 0.05) is 23.2 Å². The molecule has 0 unspecified atom stereocenters. The third kappa shape index (κ3) is 3.40. The second-order valence-electron chi connectivity index (χ2n) is 2.85. The van der Waals surface area contributed by atoms with Crippen LogP contribution in [0.3, 0.4) is 0 Å². The van der Waals surface area contributed by atoms with Crippen LogP contribution in [0.1, 0.15) is 12.5 Å². The van der Waals surface area contributed by atoms with Gasteiger partial charge in [0.1, 0.15) is 0 Å². The van der Waals surface area contributed by atoms with E-state index in [1.54, 1.807) is 0 Å². The van der Waals surface area contributed by atoms with E-state index < -0.39 is 0 Å². The van der Waals surface area contributed by atoms with Crippen molar-refractivity contribution in [1.82, 2.24) is 0 Å². The van der Waals surface area contributed by atoms with E-state index in [0.717, 1.165) is 22.0 Å². The molecule has 0 spiro atoms. The van der Waals surface area contributed by atoms with Crippen molar-refractivity contribution in [2.24, 2.45) is 0 Å². The number of anilines is 1. The molecule has 0 heterocycles. The van der Waals surface area contributed by atoms with Crippen molar-refractivity contribution < 1.29 is 9.90 Å². The van der Waals surface area contributed by atoms with E-state index >= 15 is 0 Å². The Morgan fingerprint density at radius 1 is 1.40 bits per heavy atom. The van der Waals surface area contributed by atoms with Gasteiger partial charge in [-0.3, -0.25) is 4.79 Å². The first-order chi connectivity index (χ1) is 6.97. The number of aliphatic hydroxyl groups is 1. The first kappa shape index (κ1) is 13.9. The average Bonchev–Trinajstić information content (AvgIpc) is 2.12. The van der Waals surface area contributed by atoms with Gasteiger partial charge < -0.3 is 10.4 Å². The maximum Gasteiger partial charge on any atom is 0.221 e. The molecule has 3 nitrogen and oxygen atoms in total. The zero-order valence-electron chi connectivity index (χ0n) is 7.77. The zero-order chi connectivity index (χ0) is 11.6. The molecule has 2 N–H and O–H groups in total. The first-order valence-electron chi connectivity index (χ1n) is 4.02. The van der Waals surface area contributed by atoms with Crippen LogP contribution in [-0.4, -0.2) is 11.0 Å². The maximum absolute atomic E-state index is 11.0. The van der Waals surface area contributed by atoms with Crippen LogP contribution in [0.5, 0.6) is 0 Å². The quantitative estimate of drug-likeness (QED) is 0.565. The largest absolute Gasteiger partial charge is 0.392 e. The normalized spacial score (nSPS) is 10.2. The molecule has 1 amide bonds. The van der Waals surface area contributed by atoms with E-state index in [1.165, 1.54) is 6.92 Å². The van der Waals surface area contributed by atoms with E-state index in [-0.39, 0.29) is 12.5 Å². The third-order valence-electron chi connectivity index (χ3n) is 1.72. The van der Waals surface area contributed by atoms with Crippen molar-refractivity contribution in [3.05, 3.63) is 22.3 Å². The standard InChI is InChI=1S/C9H8I3NO2/c1-4(15)13-9-7(11)2-6(10)5(3-14)8(9)12/h2,14H,3H2,1H3,(H,13,15). The number of rotatable bonds is 2. The minimum atomic E-state index is -0.101. The van der Waals surface area contributed by atoms with Crippen LogP contribution in [0.15, 0.2) is 6.07 Å². The Hall–Kier alpha value is 0.840. The van der Waals surface area contributed by atoms with Crippen molar-refractivity contribution in [3.8, 4) is 0 Å². The number of hydrogen-bond acceptors (Lipinski definition) is 2. The monoisotopic (exact) mass is 543 g/mol. The number of aliphatic hydroxyl groups excluding tert-OH is 1. The molecular weight excluding hydrogens is 535 g/mol. The fraction of sp³-hybridized carbons (Fsp3) is 0.222. The SMILES string of the molecule is CC(=O)Nc1c(I)cc(I)c(CO)c1I. The Bertz CT molecular complexity index is 407. The highest BCUT2D eigenvalue weighted by molar-refractivity contribution is 14.1. The van der Waals surface area contributed by atoms with Gasteiger partial charge in [-0.05, 0) is 73.8 Å². The van der Waals surface area contributed by atoms with Crippen molar-refractivity contribution in [2.45, 2.75) is 13.5 Å². The fourth-order valence-corrected chi connectivity index (χ4v) is 5.05. The molecule has 1 rings (SSSR count). The van der Waals surface area contributed by atoms with Gasteiger partial charge in [0.25, 0.3) is 0 Å². The van der Waals surface area contributed by atoms with Crippen molar-refractivity contribution >= 4 is 79.4 Å². The molecule has 0 aliphatic heterocycles. The predicted molar refractivity (Wildman–Crippen MR) is 84.8 cm³/mol. The average molecular weight is 543 g/mol. The van der Waals surface area contributed by atoms with Gasteiger partial charge in [0.2, 0.25) is 5.91 Å². The van der Waals surface area contributed by atoms with Crippen LogP contribution in [0.2, 0.25) is 0 Å². The first-order valence-corrected chi connectivity index (χ1v) is 7.25. The van der Waals surface area contributed by atoms with Crippen molar-refractivity contribution in [3.63, 3.8) is 0 Å². The molecule has 82 valence electrons. The highest BCUT2D eigenvalue weighted by Crippen LogP contribution is 2.31. The summed E-state index contributed by atoms with van der Waals surface area (Å²) < 4.78 is 2.90. The molecule has 0 aliphatic carbocycles. The van der Waals surface area contributed by atoms with Crippen LogP contribution in [0.25, 0.3) is 0 Å². The number of benzene rings is 1. The molecule has 0 atom stereocenters. The van der Waals surface area contributed by atoms with Gasteiger partial charge >= 0.3 is 0 Å². The molecule has 0 fully saturated rings. The van der Waals surface area contributed by atoms with Crippen LogP contribution < -0.4 is 5.32 Å². The Morgan fingerprint density at radius 2 is 2.00 bits per heavy atom. The Balaban J connectivity index is 3.32. The highest BCUT2D eigenvalue weighted by Gasteiger charge is 2.13. The molecule has 6 heteroatoms. The number of hydrogen-bond donors (Lipinski definition) is 2. The Kier molecular flexibility index (Phi) is 5.52. The molecule has 0 radical (unpaired) electrons. The maximum atomic E-state index is 11.0. The predicted octanol–water partition coefficient (Wildman–Crippen LogP) is 2.95. The fourth-order valence-electron chi connectivity index (χ4n) is 1.07. The zero-order valence-corrected chi connectivity index (χ0v) is 14.2. The number of carbonyl (C=O) groups excluding carboxylic acids is 1. The molecule has 0 aromatic heterocycles. The molecule has 15 heavy (non-hydrogen) atoms. The van der Waals surface area contributed by atoms with Gasteiger partial charge in [-0.15, -0.1) is 0 Å². The lowest BCUT2D eigenvalue weighted by molar-refractivity contribution is -0.114. The summed E-state index contributed by atoms with van der Waals surface area (Å²) in [6, 6.07) is 1.94. The summed E-state index contributed by atoms with van der Waals surface area (Å²) in [5, 5.41) is 12.0. The summed E-state index contributed by atoms with van der Waals surface area (Å²) in [4.78, 5) is 11.0. The summed E-state index contributed by atoms with van der Waals surface area (Å²) in [6.07, 6.45) is 0. The van der Waals surface area contributed by atoms with E-state index in [2.05, 4.69) is 73.1 Å². The number of halogens is 3. The van der Waals surface area contributed by atoms with Crippen molar-refractivity contribution in [2.75, 3.05) is 5.32 Å². The number of nitrogens with one attached hydrogen (secondary N) is 1. The summed E-state index contributed by atoms with van der Waals surface area (Å²) >= 11 is 6.49. The minimum Gasteiger partial charge on any atom is -0.392 e. The van der Waals surface area contributed by atoms with Gasteiger partial charge in [-0.1, -0.05) is 0 Å². The minimum absolute atomic E-state index is 0.0138. The summed E-state index contributed by atoms with van der Waals surface area (Å²) in [7, 11) is 0.